The van der Waals surface area contributed by atoms with Crippen LogP contribution in [0.1, 0.15) is 34.3 Å². The molecule has 3 rings (SSSR count). The van der Waals surface area contributed by atoms with E-state index in [1.807, 2.05) is 0 Å². The highest BCUT2D eigenvalue weighted by Gasteiger charge is 2.28. The van der Waals surface area contributed by atoms with Crippen LogP contribution in [0.25, 0.3) is 0 Å². The van der Waals surface area contributed by atoms with Gasteiger partial charge in [-0.2, -0.15) is 0 Å². The van der Waals surface area contributed by atoms with Crippen molar-refractivity contribution in [1.82, 2.24) is 10.2 Å². The van der Waals surface area contributed by atoms with Gasteiger partial charge in [-0.3, -0.25) is 9.59 Å². The average molecular weight is 407 g/mol. The number of carbonyl (C=O) groups is 2. The Hall–Kier alpha value is -2.47. The predicted octanol–water partition coefficient (Wildman–Crippen LogP) is 4.10. The third-order valence-electron chi connectivity index (χ3n) is 5.02. The molecule has 2 aromatic rings. The lowest BCUT2D eigenvalue weighted by Gasteiger charge is -2.31. The Labute approximate surface area is 167 Å². The Kier molecular flexibility index (Phi) is 6.29. The monoisotopic (exact) mass is 406 g/mol. The van der Waals surface area contributed by atoms with Crippen molar-refractivity contribution in [3.05, 3.63) is 69.7 Å². The number of hydrogen-bond acceptors (Lipinski definition) is 2. The molecular formula is C21H21ClF2N2O2. The number of amides is 2. The number of nitrogens with zero attached hydrogens (tertiary/aromatic N) is 1. The first kappa shape index (κ1) is 20.3. The minimum atomic E-state index is -0.495. The largest absolute Gasteiger partial charge is 0.352 e. The summed E-state index contributed by atoms with van der Waals surface area (Å²) >= 11 is 5.96. The molecule has 1 saturated heterocycles. The Morgan fingerprint density at radius 3 is 2.50 bits per heavy atom. The molecule has 4 nitrogen and oxygen atoms in total. The number of nitrogens with one attached hydrogen (secondary N) is 1. The van der Waals surface area contributed by atoms with Crippen molar-refractivity contribution in [2.75, 3.05) is 13.1 Å². The maximum atomic E-state index is 13.6. The number of carbonyl (C=O) groups excluding carboxylic acids is 2. The maximum absolute atomic E-state index is 13.6. The number of halogens is 3. The van der Waals surface area contributed by atoms with Crippen molar-refractivity contribution in [2.24, 2.45) is 5.92 Å². The van der Waals surface area contributed by atoms with Crippen molar-refractivity contribution in [3.8, 4) is 0 Å². The second-order valence-corrected chi connectivity index (χ2v) is 7.40. The standard InChI is InChI=1S/C21H21ClF2N2O2/c1-13-2-3-14(10-19(13)24)12-25-20(27)15-6-8-26(9-7-15)21(28)17-5-4-16(23)11-18(17)22/h2-5,10-11,15H,6-9,12H2,1H3,(H,25,27). The normalized spacial score (nSPS) is 14.8. The predicted molar refractivity (Wildman–Crippen MR) is 103 cm³/mol. The highest BCUT2D eigenvalue weighted by molar-refractivity contribution is 6.33. The third-order valence-corrected chi connectivity index (χ3v) is 5.33. The van der Waals surface area contributed by atoms with E-state index in [2.05, 4.69) is 5.32 Å². The van der Waals surface area contributed by atoms with Gasteiger partial charge in [0.1, 0.15) is 11.6 Å². The number of benzene rings is 2. The molecule has 1 heterocycles. The fraction of sp³-hybridized carbons (Fsp3) is 0.333. The van der Waals surface area contributed by atoms with Gasteiger partial charge in [0.2, 0.25) is 5.91 Å². The van der Waals surface area contributed by atoms with Gasteiger partial charge in [0.05, 0.1) is 10.6 Å². The number of rotatable bonds is 4. The Morgan fingerprint density at radius 1 is 1.14 bits per heavy atom. The van der Waals surface area contributed by atoms with E-state index >= 15 is 0 Å². The van der Waals surface area contributed by atoms with E-state index in [1.54, 1.807) is 24.0 Å². The molecule has 148 valence electrons. The van der Waals surface area contributed by atoms with E-state index in [0.717, 1.165) is 6.07 Å². The van der Waals surface area contributed by atoms with E-state index < -0.39 is 5.82 Å². The van der Waals surface area contributed by atoms with Gasteiger partial charge < -0.3 is 10.2 Å². The number of aryl methyl sites for hydroxylation is 1. The van der Waals surface area contributed by atoms with Crippen LogP contribution in [0.2, 0.25) is 5.02 Å². The van der Waals surface area contributed by atoms with E-state index in [1.165, 1.54) is 18.2 Å². The molecular weight excluding hydrogens is 386 g/mol. The van der Waals surface area contributed by atoms with Crippen molar-refractivity contribution < 1.29 is 18.4 Å². The first-order valence-electron chi connectivity index (χ1n) is 9.12. The molecule has 1 aliphatic heterocycles. The van der Waals surface area contributed by atoms with Crippen LogP contribution >= 0.6 is 11.6 Å². The number of likely N-dealkylation sites (tertiary alicyclic amines) is 1. The van der Waals surface area contributed by atoms with Crippen molar-refractivity contribution in [3.63, 3.8) is 0 Å². The number of piperidine rings is 1. The summed E-state index contributed by atoms with van der Waals surface area (Å²) in [6.45, 7) is 2.79. The van der Waals surface area contributed by atoms with E-state index in [0.29, 0.717) is 37.1 Å². The maximum Gasteiger partial charge on any atom is 0.255 e. The molecule has 0 saturated carbocycles. The summed E-state index contributed by atoms with van der Waals surface area (Å²) in [5.41, 5.74) is 1.52. The molecule has 0 radical (unpaired) electrons. The lowest BCUT2D eigenvalue weighted by molar-refractivity contribution is -0.126. The van der Waals surface area contributed by atoms with Crippen molar-refractivity contribution in [1.29, 1.82) is 0 Å². The Bertz CT molecular complexity index is 896. The van der Waals surface area contributed by atoms with E-state index in [4.69, 9.17) is 11.6 Å². The summed E-state index contributed by atoms with van der Waals surface area (Å²) < 4.78 is 26.7. The van der Waals surface area contributed by atoms with Crippen LogP contribution in [-0.2, 0) is 11.3 Å². The molecule has 1 N–H and O–H groups in total. The van der Waals surface area contributed by atoms with Gasteiger partial charge in [-0.25, -0.2) is 8.78 Å². The molecule has 1 aliphatic rings. The molecule has 0 atom stereocenters. The molecule has 28 heavy (non-hydrogen) atoms. The van der Waals surface area contributed by atoms with Gasteiger partial charge in [-0.1, -0.05) is 23.7 Å². The van der Waals surface area contributed by atoms with E-state index in [-0.39, 0.29) is 40.7 Å². The van der Waals surface area contributed by atoms with Gasteiger partial charge in [-0.05, 0) is 55.2 Å². The lowest BCUT2D eigenvalue weighted by atomic mass is 9.95. The molecule has 0 aromatic heterocycles. The summed E-state index contributed by atoms with van der Waals surface area (Å²) in [7, 11) is 0. The van der Waals surface area contributed by atoms with Crippen LogP contribution in [0.15, 0.2) is 36.4 Å². The summed E-state index contributed by atoms with van der Waals surface area (Å²) in [6.07, 6.45) is 1.05. The lowest BCUT2D eigenvalue weighted by Crippen LogP contribution is -2.43. The van der Waals surface area contributed by atoms with E-state index in [9.17, 15) is 18.4 Å². The molecule has 2 amide bonds. The summed E-state index contributed by atoms with van der Waals surface area (Å²) in [4.78, 5) is 26.6. The first-order valence-corrected chi connectivity index (χ1v) is 9.50. The summed E-state index contributed by atoms with van der Waals surface area (Å²) in [5, 5.41) is 2.91. The van der Waals surface area contributed by atoms with Crippen LogP contribution < -0.4 is 5.32 Å². The second kappa shape index (κ2) is 8.69. The van der Waals surface area contributed by atoms with Gasteiger partial charge in [0.15, 0.2) is 0 Å². The zero-order chi connectivity index (χ0) is 20.3. The van der Waals surface area contributed by atoms with Crippen LogP contribution in [0.4, 0.5) is 8.78 Å². The zero-order valence-electron chi connectivity index (χ0n) is 15.5. The molecule has 7 heteroatoms. The van der Waals surface area contributed by atoms with Gasteiger partial charge in [0.25, 0.3) is 5.91 Å². The minimum absolute atomic E-state index is 0.0789. The summed E-state index contributed by atoms with van der Waals surface area (Å²) in [5.74, 6) is -1.36. The quantitative estimate of drug-likeness (QED) is 0.831. The average Bonchev–Trinajstić information content (AvgIpc) is 2.68. The van der Waals surface area contributed by atoms with Gasteiger partial charge >= 0.3 is 0 Å². The first-order chi connectivity index (χ1) is 13.3. The molecule has 0 aliphatic carbocycles. The van der Waals surface area contributed by atoms with Crippen LogP contribution in [0, 0.1) is 24.5 Å². The minimum Gasteiger partial charge on any atom is -0.352 e. The molecule has 0 bridgehead atoms. The molecule has 2 aromatic carbocycles. The fourth-order valence-corrected chi connectivity index (χ4v) is 3.51. The SMILES string of the molecule is Cc1ccc(CNC(=O)C2CCN(C(=O)c3ccc(F)cc3Cl)CC2)cc1F. The Balaban J connectivity index is 1.52. The highest BCUT2D eigenvalue weighted by Crippen LogP contribution is 2.23. The van der Waals surface area contributed by atoms with Gasteiger partial charge in [-0.15, -0.1) is 0 Å². The van der Waals surface area contributed by atoms with Crippen LogP contribution in [0.3, 0.4) is 0 Å². The van der Waals surface area contributed by atoms with Crippen LogP contribution in [0.5, 0.6) is 0 Å². The summed E-state index contributed by atoms with van der Waals surface area (Å²) in [6, 6.07) is 8.58. The highest BCUT2D eigenvalue weighted by atomic mass is 35.5. The molecule has 0 spiro atoms. The van der Waals surface area contributed by atoms with Gasteiger partial charge in [0, 0.05) is 25.6 Å². The third kappa shape index (κ3) is 4.68. The zero-order valence-corrected chi connectivity index (χ0v) is 16.2. The van der Waals surface area contributed by atoms with Crippen molar-refractivity contribution >= 4 is 23.4 Å². The smallest absolute Gasteiger partial charge is 0.255 e. The second-order valence-electron chi connectivity index (χ2n) is 6.99. The molecule has 1 fully saturated rings. The van der Waals surface area contributed by atoms with Crippen molar-refractivity contribution in [2.45, 2.75) is 26.3 Å². The molecule has 0 unspecified atom stereocenters. The number of hydrogen-bond donors (Lipinski definition) is 1. The van der Waals surface area contributed by atoms with Crippen LogP contribution in [-0.4, -0.2) is 29.8 Å². The Morgan fingerprint density at radius 2 is 1.86 bits per heavy atom. The topological polar surface area (TPSA) is 49.4 Å². The fourth-order valence-electron chi connectivity index (χ4n) is 3.26.